The largest absolute Gasteiger partial charge is 0.384 e. The summed E-state index contributed by atoms with van der Waals surface area (Å²) in [4.78, 5) is 0. The zero-order valence-corrected chi connectivity index (χ0v) is 9.71. The lowest BCUT2D eigenvalue weighted by atomic mass is 10.2. The highest BCUT2D eigenvalue weighted by Gasteiger charge is 2.02. The maximum Gasteiger partial charge on any atom is 0.0552 e. The van der Waals surface area contributed by atoms with Gasteiger partial charge < -0.3 is 4.74 Å². The molecule has 0 spiro atoms. The molecule has 0 saturated carbocycles. The zero-order valence-electron chi connectivity index (χ0n) is 7.31. The molecular weight excluding hydrogens is 224 g/mol. The minimum Gasteiger partial charge on any atom is -0.384 e. The third-order valence-corrected chi connectivity index (χ3v) is 3.66. The summed E-state index contributed by atoms with van der Waals surface area (Å²) in [6.45, 7) is 3.12. The van der Waals surface area contributed by atoms with Gasteiger partial charge in [0.2, 0.25) is 0 Å². The van der Waals surface area contributed by atoms with Crippen LogP contribution in [0, 0.1) is 5.92 Å². The predicted molar refractivity (Wildman–Crippen MR) is 56.8 cm³/mol. The van der Waals surface area contributed by atoms with Crippen molar-refractivity contribution in [3.8, 4) is 0 Å². The lowest BCUT2D eigenvalue weighted by Gasteiger charge is -2.09. The van der Waals surface area contributed by atoms with Crippen molar-refractivity contribution >= 4 is 27.7 Å². The van der Waals surface area contributed by atoms with Crippen LogP contribution in [0.5, 0.6) is 0 Å². The molecule has 0 fully saturated rings. The Morgan fingerprint density at radius 1 is 1.55 bits per heavy atom. The van der Waals surface area contributed by atoms with Crippen molar-refractivity contribution in [3.05, 3.63) is 0 Å². The Labute approximate surface area is 82.4 Å². The van der Waals surface area contributed by atoms with E-state index < -0.39 is 0 Å². The van der Waals surface area contributed by atoms with Crippen LogP contribution in [0.1, 0.15) is 13.3 Å². The number of alkyl halides is 1. The van der Waals surface area contributed by atoms with E-state index in [2.05, 4.69) is 22.9 Å². The zero-order chi connectivity index (χ0) is 8.53. The topological polar surface area (TPSA) is 9.23 Å². The third-order valence-electron chi connectivity index (χ3n) is 1.58. The van der Waals surface area contributed by atoms with Gasteiger partial charge in [-0.25, -0.2) is 0 Å². The third kappa shape index (κ3) is 7.16. The van der Waals surface area contributed by atoms with Gasteiger partial charge in [0.25, 0.3) is 0 Å². The second kappa shape index (κ2) is 8.88. The molecule has 0 amide bonds. The molecule has 1 unspecified atom stereocenters. The number of hydrogen-bond donors (Lipinski definition) is 0. The molecule has 0 N–H and O–H groups in total. The first-order valence-electron chi connectivity index (χ1n) is 3.97. The minimum atomic E-state index is 0.830. The van der Waals surface area contributed by atoms with Crippen molar-refractivity contribution in [1.29, 1.82) is 0 Å². The molecule has 0 aliphatic carbocycles. The SMILES string of the molecule is CCC(CBr)CSCCOC. The lowest BCUT2D eigenvalue weighted by molar-refractivity contribution is 0.218. The van der Waals surface area contributed by atoms with Crippen molar-refractivity contribution in [2.75, 3.05) is 30.6 Å². The summed E-state index contributed by atoms with van der Waals surface area (Å²) in [6.07, 6.45) is 1.27. The van der Waals surface area contributed by atoms with Gasteiger partial charge in [-0.05, 0) is 11.7 Å². The summed E-state index contributed by atoms with van der Waals surface area (Å²) in [5, 5.41) is 1.13. The van der Waals surface area contributed by atoms with Gasteiger partial charge in [0.05, 0.1) is 6.61 Å². The van der Waals surface area contributed by atoms with Crippen LogP contribution < -0.4 is 0 Å². The molecule has 0 bridgehead atoms. The molecule has 0 heterocycles. The Hall–Kier alpha value is 0.790. The first kappa shape index (κ1) is 11.8. The van der Waals surface area contributed by atoms with Gasteiger partial charge in [0.1, 0.15) is 0 Å². The summed E-state index contributed by atoms with van der Waals surface area (Å²) in [5.41, 5.74) is 0. The molecule has 0 aliphatic heterocycles. The van der Waals surface area contributed by atoms with Gasteiger partial charge in [-0.1, -0.05) is 29.3 Å². The maximum atomic E-state index is 4.96. The van der Waals surface area contributed by atoms with Crippen LogP contribution in [0.3, 0.4) is 0 Å². The van der Waals surface area contributed by atoms with Crippen molar-refractivity contribution in [2.24, 2.45) is 5.92 Å². The maximum absolute atomic E-state index is 4.96. The highest BCUT2D eigenvalue weighted by Crippen LogP contribution is 2.13. The van der Waals surface area contributed by atoms with Crippen molar-refractivity contribution < 1.29 is 4.74 Å². The molecule has 0 rings (SSSR count). The summed E-state index contributed by atoms with van der Waals surface area (Å²) in [5.74, 6) is 3.21. The highest BCUT2D eigenvalue weighted by molar-refractivity contribution is 9.09. The molecule has 0 saturated heterocycles. The molecule has 0 aliphatic rings. The smallest absolute Gasteiger partial charge is 0.0552 e. The van der Waals surface area contributed by atoms with Crippen LogP contribution in [0.25, 0.3) is 0 Å². The molecule has 0 aromatic carbocycles. The number of hydrogen-bond acceptors (Lipinski definition) is 2. The number of rotatable bonds is 7. The monoisotopic (exact) mass is 240 g/mol. The molecule has 1 atom stereocenters. The molecule has 68 valence electrons. The highest BCUT2D eigenvalue weighted by atomic mass is 79.9. The van der Waals surface area contributed by atoms with Gasteiger partial charge in [-0.15, -0.1) is 0 Å². The molecule has 0 aromatic rings. The van der Waals surface area contributed by atoms with E-state index in [0.29, 0.717) is 0 Å². The van der Waals surface area contributed by atoms with Gasteiger partial charge in [-0.2, -0.15) is 11.8 Å². The first-order valence-corrected chi connectivity index (χ1v) is 6.25. The second-order valence-corrected chi connectivity index (χ2v) is 4.29. The minimum absolute atomic E-state index is 0.830. The Morgan fingerprint density at radius 3 is 2.73 bits per heavy atom. The van der Waals surface area contributed by atoms with E-state index >= 15 is 0 Å². The van der Waals surface area contributed by atoms with Gasteiger partial charge >= 0.3 is 0 Å². The summed E-state index contributed by atoms with van der Waals surface area (Å²) >= 11 is 5.48. The average molecular weight is 241 g/mol. The molecule has 0 aromatic heterocycles. The number of halogens is 1. The van der Waals surface area contributed by atoms with Crippen LogP contribution in [0.15, 0.2) is 0 Å². The molecule has 11 heavy (non-hydrogen) atoms. The Kier molecular flexibility index (Phi) is 9.52. The Bertz CT molecular complexity index is 76.5. The molecule has 0 radical (unpaired) electrons. The van der Waals surface area contributed by atoms with Crippen LogP contribution in [-0.2, 0) is 4.74 Å². The van der Waals surface area contributed by atoms with Crippen molar-refractivity contribution in [3.63, 3.8) is 0 Å². The Morgan fingerprint density at radius 2 is 2.27 bits per heavy atom. The molecule has 3 heteroatoms. The lowest BCUT2D eigenvalue weighted by Crippen LogP contribution is -2.05. The van der Waals surface area contributed by atoms with E-state index in [1.54, 1.807) is 7.11 Å². The van der Waals surface area contributed by atoms with Crippen LogP contribution in [-0.4, -0.2) is 30.6 Å². The molecule has 1 nitrogen and oxygen atoms in total. The predicted octanol–water partition coefficient (Wildman–Crippen LogP) is 2.79. The van der Waals surface area contributed by atoms with Crippen LogP contribution >= 0.6 is 27.7 Å². The van der Waals surface area contributed by atoms with Gasteiger partial charge in [-0.3, -0.25) is 0 Å². The summed E-state index contributed by atoms with van der Waals surface area (Å²) < 4.78 is 4.96. The fourth-order valence-corrected chi connectivity index (χ4v) is 2.79. The van der Waals surface area contributed by atoms with Crippen LogP contribution in [0.2, 0.25) is 0 Å². The number of ether oxygens (including phenoxy) is 1. The van der Waals surface area contributed by atoms with E-state index in [4.69, 9.17) is 4.74 Å². The fraction of sp³-hybridized carbons (Fsp3) is 1.00. The average Bonchev–Trinajstić information content (AvgIpc) is 2.05. The summed E-state index contributed by atoms with van der Waals surface area (Å²) in [6, 6.07) is 0. The van der Waals surface area contributed by atoms with Crippen LogP contribution in [0.4, 0.5) is 0 Å². The molecular formula is C8H17BrOS. The van der Waals surface area contributed by atoms with Gasteiger partial charge in [0.15, 0.2) is 0 Å². The van der Waals surface area contributed by atoms with E-state index in [9.17, 15) is 0 Å². The number of methoxy groups -OCH3 is 1. The number of thioether (sulfide) groups is 1. The Balaban J connectivity index is 3.07. The normalized spacial score (nSPS) is 13.4. The van der Waals surface area contributed by atoms with E-state index in [0.717, 1.165) is 23.6 Å². The van der Waals surface area contributed by atoms with E-state index in [-0.39, 0.29) is 0 Å². The fourth-order valence-electron chi connectivity index (χ4n) is 0.664. The second-order valence-electron chi connectivity index (χ2n) is 2.50. The van der Waals surface area contributed by atoms with E-state index in [1.165, 1.54) is 12.2 Å². The first-order chi connectivity index (χ1) is 5.35. The van der Waals surface area contributed by atoms with Crippen molar-refractivity contribution in [1.82, 2.24) is 0 Å². The quantitative estimate of drug-likeness (QED) is 0.500. The van der Waals surface area contributed by atoms with E-state index in [1.807, 2.05) is 11.8 Å². The van der Waals surface area contributed by atoms with Crippen molar-refractivity contribution in [2.45, 2.75) is 13.3 Å². The summed E-state index contributed by atoms with van der Waals surface area (Å²) in [7, 11) is 1.75. The van der Waals surface area contributed by atoms with Gasteiger partial charge in [0, 0.05) is 18.2 Å². The standard InChI is InChI=1S/C8H17BrOS/c1-3-8(6-9)7-11-5-4-10-2/h8H,3-7H2,1-2H3.